The predicted octanol–water partition coefficient (Wildman–Crippen LogP) is 2.68. The summed E-state index contributed by atoms with van der Waals surface area (Å²) in [5, 5.41) is 0. The summed E-state index contributed by atoms with van der Waals surface area (Å²) in [6.45, 7) is 1.55. The normalized spacial score (nSPS) is 15.4. The van der Waals surface area contributed by atoms with Crippen LogP contribution in [0.1, 0.15) is 19.3 Å². The fraction of sp³-hybridized carbons (Fsp3) is 0.333. The van der Waals surface area contributed by atoms with E-state index in [2.05, 4.69) is 52.8 Å². The van der Waals surface area contributed by atoms with Crippen LogP contribution >= 0.6 is 0 Å². The molecule has 1 aliphatic rings. The summed E-state index contributed by atoms with van der Waals surface area (Å²) in [7, 11) is 0. The van der Waals surface area contributed by atoms with Crippen LogP contribution in [0.25, 0.3) is 0 Å². The van der Waals surface area contributed by atoms with Crippen molar-refractivity contribution in [3.05, 3.63) is 30.3 Å². The van der Waals surface area contributed by atoms with Gasteiger partial charge in [-0.25, -0.2) is 0 Å². The molecule has 1 aliphatic heterocycles. The molecule has 0 unspecified atom stereocenters. The SMILES string of the molecule is C1#CCN(c2ccccc2)CC#CCCC1. The Morgan fingerprint density at radius 1 is 0.812 bits per heavy atom. The largest absolute Gasteiger partial charge is 0.349 e. The summed E-state index contributed by atoms with van der Waals surface area (Å²) in [6, 6.07) is 10.3. The summed E-state index contributed by atoms with van der Waals surface area (Å²) in [6.07, 6.45) is 3.04. The van der Waals surface area contributed by atoms with Gasteiger partial charge in [0.05, 0.1) is 13.1 Å². The average Bonchev–Trinajstić information content (AvgIpc) is 2.37. The number of hydrogen-bond acceptors (Lipinski definition) is 1. The lowest BCUT2D eigenvalue weighted by atomic mass is 10.2. The molecule has 0 N–H and O–H groups in total. The maximum absolute atomic E-state index is 3.21. The van der Waals surface area contributed by atoms with Gasteiger partial charge in [0, 0.05) is 18.5 Å². The molecule has 0 aliphatic carbocycles. The highest BCUT2D eigenvalue weighted by Gasteiger charge is 2.01. The molecule has 2 rings (SSSR count). The van der Waals surface area contributed by atoms with Gasteiger partial charge in [0.15, 0.2) is 0 Å². The molecule has 1 aromatic carbocycles. The van der Waals surface area contributed by atoms with Gasteiger partial charge in [0.2, 0.25) is 0 Å². The molecule has 0 amide bonds. The molecule has 0 bridgehead atoms. The van der Waals surface area contributed by atoms with Gasteiger partial charge < -0.3 is 4.90 Å². The summed E-state index contributed by atoms with van der Waals surface area (Å²) >= 11 is 0. The van der Waals surface area contributed by atoms with E-state index in [1.807, 2.05) is 6.07 Å². The predicted molar refractivity (Wildman–Crippen MR) is 68.1 cm³/mol. The number of rotatable bonds is 1. The molecule has 1 aromatic rings. The van der Waals surface area contributed by atoms with Crippen LogP contribution in [0.2, 0.25) is 0 Å². The van der Waals surface area contributed by atoms with E-state index in [0.717, 1.165) is 32.4 Å². The lowest BCUT2D eigenvalue weighted by Gasteiger charge is -2.19. The number of hydrogen-bond donors (Lipinski definition) is 0. The minimum absolute atomic E-state index is 0.776. The van der Waals surface area contributed by atoms with Gasteiger partial charge >= 0.3 is 0 Å². The Balaban J connectivity index is 2.13. The van der Waals surface area contributed by atoms with E-state index in [-0.39, 0.29) is 0 Å². The second-order valence-electron chi connectivity index (χ2n) is 3.75. The first-order valence-corrected chi connectivity index (χ1v) is 5.68. The monoisotopic (exact) mass is 209 g/mol. The number of benzene rings is 1. The van der Waals surface area contributed by atoms with Crippen molar-refractivity contribution in [1.82, 2.24) is 0 Å². The Hall–Kier alpha value is -1.86. The second kappa shape index (κ2) is 5.89. The molecule has 0 spiro atoms. The summed E-state index contributed by atoms with van der Waals surface area (Å²) in [5.74, 6) is 12.8. The third kappa shape index (κ3) is 3.07. The maximum atomic E-state index is 3.21. The molecular formula is C15H15N. The molecule has 1 nitrogen and oxygen atoms in total. The highest BCUT2D eigenvalue weighted by atomic mass is 15.1. The molecule has 0 fully saturated rings. The first-order chi connectivity index (χ1) is 7.97. The van der Waals surface area contributed by atoms with E-state index in [1.54, 1.807) is 0 Å². The highest BCUT2D eigenvalue weighted by Crippen LogP contribution is 2.12. The molecule has 0 aromatic heterocycles. The molecule has 0 radical (unpaired) electrons. The zero-order valence-electron chi connectivity index (χ0n) is 9.37. The molecule has 1 heteroatoms. The molecule has 80 valence electrons. The summed E-state index contributed by atoms with van der Waals surface area (Å²) in [5.41, 5.74) is 1.20. The van der Waals surface area contributed by atoms with E-state index in [4.69, 9.17) is 0 Å². The molecular weight excluding hydrogens is 194 g/mol. The van der Waals surface area contributed by atoms with Gasteiger partial charge in [-0.2, -0.15) is 0 Å². The summed E-state index contributed by atoms with van der Waals surface area (Å²) in [4.78, 5) is 2.21. The van der Waals surface area contributed by atoms with Crippen molar-refractivity contribution in [1.29, 1.82) is 0 Å². The standard InChI is InChI=1S/C15H15N/c1-2-4-9-13-16(14-10-5-3-1)15-11-7-6-8-12-15/h6-8,11-12H,1-3,13-14H2. The molecule has 16 heavy (non-hydrogen) atoms. The average molecular weight is 209 g/mol. The Kier molecular flexibility index (Phi) is 3.92. The molecule has 0 saturated heterocycles. The van der Waals surface area contributed by atoms with Crippen LogP contribution in [0, 0.1) is 23.7 Å². The van der Waals surface area contributed by atoms with Gasteiger partial charge in [-0.05, 0) is 18.6 Å². The minimum atomic E-state index is 0.776. The fourth-order valence-electron chi connectivity index (χ4n) is 1.62. The van der Waals surface area contributed by atoms with Crippen LogP contribution in [0.4, 0.5) is 5.69 Å². The fourth-order valence-corrected chi connectivity index (χ4v) is 1.62. The smallest absolute Gasteiger partial charge is 0.0804 e. The number of nitrogens with zero attached hydrogens (tertiary/aromatic N) is 1. The van der Waals surface area contributed by atoms with E-state index in [9.17, 15) is 0 Å². The zero-order chi connectivity index (χ0) is 11.1. The van der Waals surface area contributed by atoms with Crippen molar-refractivity contribution in [3.8, 4) is 23.7 Å². The second-order valence-corrected chi connectivity index (χ2v) is 3.75. The number of anilines is 1. The van der Waals surface area contributed by atoms with Crippen LogP contribution < -0.4 is 4.90 Å². The van der Waals surface area contributed by atoms with Crippen LogP contribution in [0.15, 0.2) is 30.3 Å². The third-order valence-electron chi connectivity index (χ3n) is 2.51. The zero-order valence-corrected chi connectivity index (χ0v) is 9.37. The van der Waals surface area contributed by atoms with E-state index < -0.39 is 0 Å². The Labute approximate surface area is 97.5 Å². The van der Waals surface area contributed by atoms with E-state index in [0.29, 0.717) is 0 Å². The van der Waals surface area contributed by atoms with Crippen LogP contribution in [-0.4, -0.2) is 13.1 Å². The Morgan fingerprint density at radius 3 is 2.06 bits per heavy atom. The Morgan fingerprint density at radius 2 is 1.44 bits per heavy atom. The summed E-state index contributed by atoms with van der Waals surface area (Å²) < 4.78 is 0. The lowest BCUT2D eigenvalue weighted by molar-refractivity contribution is 0.894. The van der Waals surface area contributed by atoms with Gasteiger partial charge in [0.25, 0.3) is 0 Å². The van der Waals surface area contributed by atoms with Crippen LogP contribution in [0.3, 0.4) is 0 Å². The highest BCUT2D eigenvalue weighted by molar-refractivity contribution is 5.48. The first kappa shape index (κ1) is 10.7. The Bertz CT molecular complexity index is 415. The van der Waals surface area contributed by atoms with Gasteiger partial charge in [0.1, 0.15) is 0 Å². The van der Waals surface area contributed by atoms with Gasteiger partial charge in [-0.15, -0.1) is 11.8 Å². The first-order valence-electron chi connectivity index (χ1n) is 5.68. The topological polar surface area (TPSA) is 3.24 Å². The lowest BCUT2D eigenvalue weighted by Crippen LogP contribution is -2.23. The third-order valence-corrected chi connectivity index (χ3v) is 2.51. The maximum Gasteiger partial charge on any atom is 0.0804 e. The molecule has 0 saturated carbocycles. The van der Waals surface area contributed by atoms with Crippen LogP contribution in [-0.2, 0) is 0 Å². The van der Waals surface area contributed by atoms with Crippen molar-refractivity contribution in [2.45, 2.75) is 19.3 Å². The van der Waals surface area contributed by atoms with Crippen molar-refractivity contribution in [3.63, 3.8) is 0 Å². The van der Waals surface area contributed by atoms with Crippen molar-refractivity contribution >= 4 is 5.69 Å². The van der Waals surface area contributed by atoms with Crippen molar-refractivity contribution in [2.75, 3.05) is 18.0 Å². The quantitative estimate of drug-likeness (QED) is 0.643. The van der Waals surface area contributed by atoms with Crippen molar-refractivity contribution < 1.29 is 0 Å². The van der Waals surface area contributed by atoms with Gasteiger partial charge in [-0.3, -0.25) is 0 Å². The molecule has 1 heterocycles. The number of para-hydroxylation sites is 1. The van der Waals surface area contributed by atoms with Crippen molar-refractivity contribution in [2.24, 2.45) is 0 Å². The van der Waals surface area contributed by atoms with Crippen LogP contribution in [0.5, 0.6) is 0 Å². The van der Waals surface area contributed by atoms with E-state index in [1.165, 1.54) is 5.69 Å². The molecule has 0 atom stereocenters. The van der Waals surface area contributed by atoms with Gasteiger partial charge in [-0.1, -0.05) is 30.0 Å². The minimum Gasteiger partial charge on any atom is -0.349 e. The van der Waals surface area contributed by atoms with E-state index >= 15 is 0 Å².